The average Bonchev–Trinajstić information content (AvgIpc) is 3.22. The van der Waals surface area contributed by atoms with Gasteiger partial charge in [0.15, 0.2) is 5.76 Å². The van der Waals surface area contributed by atoms with Crippen molar-refractivity contribution < 1.29 is 14.0 Å². The van der Waals surface area contributed by atoms with Crippen molar-refractivity contribution in [3.8, 4) is 0 Å². The third-order valence-electron chi connectivity index (χ3n) is 3.85. The first kappa shape index (κ1) is 18.0. The standard InChI is InChI=1S/C17H19N3O3.ClH/c1-11(20-17(22)15-3-2-6-23-15)16(21)19-8-12-4-5-13-9-18-10-14(13)7-12;/h2-7,11,18H,8-10H2,1H3,(H,19,21)(H,20,22);1H. The molecule has 3 N–H and O–H groups in total. The van der Waals surface area contributed by atoms with Crippen LogP contribution in [0.3, 0.4) is 0 Å². The topological polar surface area (TPSA) is 83.4 Å². The summed E-state index contributed by atoms with van der Waals surface area (Å²) < 4.78 is 5.00. The number of benzene rings is 1. The van der Waals surface area contributed by atoms with Gasteiger partial charge in [0.1, 0.15) is 6.04 Å². The molecular formula is C17H20ClN3O3. The molecule has 128 valence electrons. The Labute approximate surface area is 146 Å². The Kier molecular flexibility index (Phi) is 6.00. The summed E-state index contributed by atoms with van der Waals surface area (Å²) in [6.07, 6.45) is 1.42. The van der Waals surface area contributed by atoms with Crippen molar-refractivity contribution in [3.63, 3.8) is 0 Å². The van der Waals surface area contributed by atoms with Crippen molar-refractivity contribution in [3.05, 3.63) is 59.0 Å². The third-order valence-corrected chi connectivity index (χ3v) is 3.85. The highest BCUT2D eigenvalue weighted by atomic mass is 35.5. The van der Waals surface area contributed by atoms with Gasteiger partial charge < -0.3 is 20.4 Å². The van der Waals surface area contributed by atoms with Crippen LogP contribution in [0.1, 0.15) is 34.2 Å². The van der Waals surface area contributed by atoms with E-state index in [-0.39, 0.29) is 24.1 Å². The van der Waals surface area contributed by atoms with E-state index < -0.39 is 11.9 Å². The molecule has 1 aliphatic heterocycles. The summed E-state index contributed by atoms with van der Waals surface area (Å²) in [7, 11) is 0. The predicted octanol–water partition coefficient (Wildman–Crippen LogP) is 1.74. The number of furan rings is 1. The van der Waals surface area contributed by atoms with Crippen LogP contribution in [0.4, 0.5) is 0 Å². The first-order valence-electron chi connectivity index (χ1n) is 7.57. The van der Waals surface area contributed by atoms with Gasteiger partial charge in [-0.05, 0) is 35.7 Å². The van der Waals surface area contributed by atoms with Crippen LogP contribution < -0.4 is 16.0 Å². The van der Waals surface area contributed by atoms with Crippen molar-refractivity contribution >= 4 is 24.2 Å². The van der Waals surface area contributed by atoms with Gasteiger partial charge in [-0.1, -0.05) is 18.2 Å². The molecule has 0 saturated carbocycles. The quantitative estimate of drug-likeness (QED) is 0.767. The molecule has 2 aromatic rings. The number of halogens is 1. The molecule has 0 spiro atoms. The monoisotopic (exact) mass is 349 g/mol. The zero-order valence-corrected chi connectivity index (χ0v) is 14.1. The number of hydrogen-bond donors (Lipinski definition) is 3. The number of nitrogens with one attached hydrogen (secondary N) is 3. The first-order valence-corrected chi connectivity index (χ1v) is 7.57. The lowest BCUT2D eigenvalue weighted by molar-refractivity contribution is -0.122. The van der Waals surface area contributed by atoms with E-state index in [0.717, 1.165) is 18.7 Å². The molecule has 0 saturated heterocycles. The Hall–Kier alpha value is -2.31. The molecule has 1 unspecified atom stereocenters. The third kappa shape index (κ3) is 4.15. The van der Waals surface area contributed by atoms with Crippen LogP contribution in [0.5, 0.6) is 0 Å². The summed E-state index contributed by atoms with van der Waals surface area (Å²) >= 11 is 0. The highest BCUT2D eigenvalue weighted by Crippen LogP contribution is 2.16. The van der Waals surface area contributed by atoms with Crippen LogP contribution in [-0.4, -0.2) is 17.9 Å². The van der Waals surface area contributed by atoms with Crippen molar-refractivity contribution in [2.24, 2.45) is 0 Å². The van der Waals surface area contributed by atoms with E-state index in [4.69, 9.17) is 4.42 Å². The molecule has 1 aromatic carbocycles. The molecule has 2 amide bonds. The van der Waals surface area contributed by atoms with Crippen molar-refractivity contribution in [2.45, 2.75) is 32.6 Å². The molecule has 1 atom stereocenters. The van der Waals surface area contributed by atoms with Gasteiger partial charge in [-0.2, -0.15) is 0 Å². The number of carbonyl (C=O) groups is 2. The van der Waals surface area contributed by atoms with Gasteiger partial charge in [-0.3, -0.25) is 9.59 Å². The number of carbonyl (C=O) groups excluding carboxylic acids is 2. The maximum atomic E-state index is 12.1. The second-order valence-electron chi connectivity index (χ2n) is 5.60. The second kappa shape index (κ2) is 7.99. The normalized spacial score (nSPS) is 13.5. The number of rotatable bonds is 5. The van der Waals surface area contributed by atoms with E-state index in [9.17, 15) is 9.59 Å². The molecule has 0 radical (unpaired) electrons. The lowest BCUT2D eigenvalue weighted by atomic mass is 10.1. The lowest BCUT2D eigenvalue weighted by Gasteiger charge is -2.13. The Morgan fingerprint density at radius 2 is 2.04 bits per heavy atom. The minimum Gasteiger partial charge on any atom is -0.459 e. The average molecular weight is 350 g/mol. The van der Waals surface area contributed by atoms with E-state index in [1.807, 2.05) is 6.07 Å². The maximum absolute atomic E-state index is 12.1. The number of amides is 2. The summed E-state index contributed by atoms with van der Waals surface area (Å²) in [5, 5.41) is 8.73. The molecule has 2 heterocycles. The molecule has 24 heavy (non-hydrogen) atoms. The van der Waals surface area contributed by atoms with E-state index in [2.05, 4.69) is 28.1 Å². The van der Waals surface area contributed by atoms with Crippen LogP contribution in [-0.2, 0) is 24.4 Å². The summed E-state index contributed by atoms with van der Waals surface area (Å²) in [5.74, 6) is -0.444. The minimum absolute atomic E-state index is 0. The van der Waals surface area contributed by atoms with Gasteiger partial charge in [0, 0.05) is 19.6 Å². The van der Waals surface area contributed by atoms with Gasteiger partial charge in [-0.25, -0.2) is 0 Å². The van der Waals surface area contributed by atoms with Gasteiger partial charge in [0.05, 0.1) is 6.26 Å². The molecule has 0 aliphatic carbocycles. The van der Waals surface area contributed by atoms with Gasteiger partial charge in [-0.15, -0.1) is 12.4 Å². The number of fused-ring (bicyclic) bond motifs is 1. The molecule has 6 nitrogen and oxygen atoms in total. The zero-order chi connectivity index (χ0) is 16.2. The van der Waals surface area contributed by atoms with E-state index in [1.165, 1.54) is 17.4 Å². The molecular weight excluding hydrogens is 330 g/mol. The van der Waals surface area contributed by atoms with Crippen LogP contribution >= 0.6 is 12.4 Å². The maximum Gasteiger partial charge on any atom is 0.287 e. The van der Waals surface area contributed by atoms with Gasteiger partial charge in [0.2, 0.25) is 5.91 Å². The Morgan fingerprint density at radius 1 is 1.25 bits per heavy atom. The van der Waals surface area contributed by atoms with Crippen molar-refractivity contribution in [2.75, 3.05) is 0 Å². The van der Waals surface area contributed by atoms with Crippen LogP contribution in [0.25, 0.3) is 0 Å². The summed E-state index contributed by atoms with van der Waals surface area (Å²) in [4.78, 5) is 23.9. The summed E-state index contributed by atoms with van der Waals surface area (Å²) in [5.41, 5.74) is 3.63. The SMILES string of the molecule is CC(NC(=O)c1ccco1)C(=O)NCc1ccc2c(c1)CNC2.Cl. The van der Waals surface area contributed by atoms with E-state index in [0.29, 0.717) is 6.54 Å². The number of hydrogen-bond acceptors (Lipinski definition) is 4. The Morgan fingerprint density at radius 3 is 2.79 bits per heavy atom. The van der Waals surface area contributed by atoms with Crippen LogP contribution in [0.15, 0.2) is 41.0 Å². The smallest absolute Gasteiger partial charge is 0.287 e. The van der Waals surface area contributed by atoms with Gasteiger partial charge >= 0.3 is 0 Å². The molecule has 1 aliphatic rings. The van der Waals surface area contributed by atoms with Crippen LogP contribution in [0.2, 0.25) is 0 Å². The summed E-state index contributed by atoms with van der Waals surface area (Å²) in [6, 6.07) is 8.74. The molecule has 0 fully saturated rings. The summed E-state index contributed by atoms with van der Waals surface area (Å²) in [6.45, 7) is 3.85. The fourth-order valence-electron chi connectivity index (χ4n) is 2.54. The van der Waals surface area contributed by atoms with E-state index >= 15 is 0 Å². The van der Waals surface area contributed by atoms with E-state index in [1.54, 1.807) is 19.1 Å². The highest BCUT2D eigenvalue weighted by Gasteiger charge is 2.18. The first-order chi connectivity index (χ1) is 11.1. The Bertz CT molecular complexity index is 716. The van der Waals surface area contributed by atoms with Gasteiger partial charge in [0.25, 0.3) is 5.91 Å². The molecule has 7 heteroatoms. The largest absolute Gasteiger partial charge is 0.459 e. The predicted molar refractivity (Wildman–Crippen MR) is 91.7 cm³/mol. The van der Waals surface area contributed by atoms with Crippen LogP contribution in [0, 0.1) is 0 Å². The highest BCUT2D eigenvalue weighted by molar-refractivity contribution is 5.95. The van der Waals surface area contributed by atoms with Crippen molar-refractivity contribution in [1.82, 2.24) is 16.0 Å². The molecule has 1 aromatic heterocycles. The van der Waals surface area contributed by atoms with Crippen molar-refractivity contribution in [1.29, 1.82) is 0 Å². The fraction of sp³-hybridized carbons (Fsp3) is 0.294. The second-order valence-corrected chi connectivity index (χ2v) is 5.60. The molecule has 3 rings (SSSR count). The lowest BCUT2D eigenvalue weighted by Crippen LogP contribution is -2.44. The Balaban J connectivity index is 0.00000208. The minimum atomic E-state index is -0.635. The fourth-order valence-corrected chi connectivity index (χ4v) is 2.54. The zero-order valence-electron chi connectivity index (χ0n) is 13.3. The molecule has 0 bridgehead atoms.